The van der Waals surface area contributed by atoms with Crippen LogP contribution in [0.2, 0.25) is 0 Å². The summed E-state index contributed by atoms with van der Waals surface area (Å²) in [5, 5.41) is 16.6. The number of hydrogen-bond acceptors (Lipinski definition) is 6. The maximum Gasteiger partial charge on any atom is 0.136 e. The Balaban J connectivity index is 1.42. The highest BCUT2D eigenvalue weighted by molar-refractivity contribution is 6.02. The Kier molecular flexibility index (Phi) is 7.38. The van der Waals surface area contributed by atoms with Crippen molar-refractivity contribution >= 4 is 11.5 Å². The molecule has 1 saturated heterocycles. The lowest BCUT2D eigenvalue weighted by Crippen LogP contribution is -2.29. The van der Waals surface area contributed by atoms with Gasteiger partial charge >= 0.3 is 0 Å². The number of ether oxygens (including phenoxy) is 2. The highest BCUT2D eigenvalue weighted by Gasteiger charge is 2.19. The summed E-state index contributed by atoms with van der Waals surface area (Å²) in [4.78, 5) is 4.98. The summed E-state index contributed by atoms with van der Waals surface area (Å²) >= 11 is 0. The lowest BCUT2D eigenvalue weighted by molar-refractivity contribution is 0.0904. The van der Waals surface area contributed by atoms with Crippen LogP contribution in [-0.2, 0) is 11.3 Å². The summed E-state index contributed by atoms with van der Waals surface area (Å²) in [6.07, 6.45) is 4.29. The number of anilines is 1. The van der Waals surface area contributed by atoms with Crippen molar-refractivity contribution in [1.82, 2.24) is 14.8 Å². The summed E-state index contributed by atoms with van der Waals surface area (Å²) < 4.78 is 13.4. The lowest BCUT2D eigenvalue weighted by Gasteiger charge is -2.25. The second kappa shape index (κ2) is 11.2. The van der Waals surface area contributed by atoms with Gasteiger partial charge in [-0.05, 0) is 55.2 Å². The molecule has 2 aromatic heterocycles. The third-order valence-corrected chi connectivity index (χ3v) is 6.35. The minimum absolute atomic E-state index is 0.285. The zero-order valence-electron chi connectivity index (χ0n) is 20.5. The van der Waals surface area contributed by atoms with Gasteiger partial charge in [0.1, 0.15) is 18.2 Å². The van der Waals surface area contributed by atoms with E-state index in [1.807, 2.05) is 72.3 Å². The summed E-state index contributed by atoms with van der Waals surface area (Å²) in [7, 11) is 0. The van der Waals surface area contributed by atoms with E-state index >= 15 is 0 Å². The second-order valence-electron chi connectivity index (χ2n) is 8.86. The summed E-state index contributed by atoms with van der Waals surface area (Å²) in [5.41, 5.74) is 5.10. The molecular weight excluding hydrogens is 450 g/mol. The van der Waals surface area contributed by atoms with Crippen molar-refractivity contribution in [3.63, 3.8) is 0 Å². The van der Waals surface area contributed by atoms with Crippen molar-refractivity contribution in [2.75, 3.05) is 18.5 Å². The van der Waals surface area contributed by atoms with Crippen molar-refractivity contribution in [3.8, 4) is 22.8 Å². The number of rotatable bonds is 9. The second-order valence-corrected chi connectivity index (χ2v) is 8.86. The Morgan fingerprint density at radius 1 is 1.06 bits per heavy atom. The molecule has 0 saturated carbocycles. The van der Waals surface area contributed by atoms with E-state index < -0.39 is 0 Å². The van der Waals surface area contributed by atoms with Gasteiger partial charge in [-0.25, -0.2) is 9.67 Å². The fourth-order valence-corrected chi connectivity index (χ4v) is 4.33. The number of nitrogens with one attached hydrogen (secondary N) is 2. The van der Waals surface area contributed by atoms with Gasteiger partial charge in [-0.15, -0.1) is 0 Å². The highest BCUT2D eigenvalue weighted by Crippen LogP contribution is 2.27. The van der Waals surface area contributed by atoms with E-state index in [1.165, 1.54) is 0 Å². The van der Waals surface area contributed by atoms with Gasteiger partial charge in [0, 0.05) is 36.6 Å². The quantitative estimate of drug-likeness (QED) is 0.292. The monoisotopic (exact) mass is 481 g/mol. The number of hydrogen-bond donors (Lipinski definition) is 2. The van der Waals surface area contributed by atoms with Gasteiger partial charge in [-0.3, -0.25) is 0 Å². The topological polar surface area (TPSA) is 85.1 Å². The zero-order chi connectivity index (χ0) is 24.7. The van der Waals surface area contributed by atoms with Crippen LogP contribution in [0.1, 0.15) is 37.3 Å². The number of aromatic nitrogens is 3. The van der Waals surface area contributed by atoms with E-state index in [1.54, 1.807) is 6.20 Å². The first-order chi connectivity index (χ1) is 17.7. The fourth-order valence-electron chi connectivity index (χ4n) is 4.33. The van der Waals surface area contributed by atoms with Crippen molar-refractivity contribution < 1.29 is 9.47 Å². The standard InChI is InChI=1S/C29H31N5O2/c1-2-26(30)25-11-12-27(33-29(25)32-22-14-17-35-18-15-22)28-13-16-31-34(28)23-9-6-10-24(19-23)36-20-21-7-4-3-5-8-21/h3-13,16,19,22,30H,2,14-15,17-18,20H2,1H3,(H,32,33). The average molecular weight is 482 g/mol. The van der Waals surface area contributed by atoms with Crippen LogP contribution < -0.4 is 10.1 Å². The predicted octanol–water partition coefficient (Wildman–Crippen LogP) is 5.88. The maximum atomic E-state index is 8.45. The van der Waals surface area contributed by atoms with Crippen molar-refractivity contribution in [2.24, 2.45) is 0 Å². The van der Waals surface area contributed by atoms with E-state index in [4.69, 9.17) is 19.9 Å². The van der Waals surface area contributed by atoms with E-state index in [0.29, 0.717) is 18.7 Å². The molecule has 184 valence electrons. The average Bonchev–Trinajstić information content (AvgIpc) is 3.43. The molecule has 7 nitrogen and oxygen atoms in total. The van der Waals surface area contributed by atoms with Gasteiger partial charge in [-0.2, -0.15) is 5.10 Å². The van der Waals surface area contributed by atoms with Crippen LogP contribution in [0.4, 0.5) is 5.82 Å². The van der Waals surface area contributed by atoms with E-state index in [0.717, 1.165) is 65.8 Å². The Bertz CT molecular complexity index is 1310. The molecule has 0 amide bonds. The molecule has 7 heteroatoms. The van der Waals surface area contributed by atoms with Gasteiger partial charge in [0.25, 0.3) is 0 Å². The molecule has 0 atom stereocenters. The van der Waals surface area contributed by atoms with Gasteiger partial charge in [0.2, 0.25) is 0 Å². The molecule has 36 heavy (non-hydrogen) atoms. The van der Waals surface area contributed by atoms with Gasteiger partial charge in [0.05, 0.1) is 23.3 Å². The molecule has 5 rings (SSSR count). The van der Waals surface area contributed by atoms with Crippen LogP contribution >= 0.6 is 0 Å². The van der Waals surface area contributed by atoms with Crippen LogP contribution in [0.25, 0.3) is 17.1 Å². The van der Waals surface area contributed by atoms with E-state index in [-0.39, 0.29) is 6.04 Å². The smallest absolute Gasteiger partial charge is 0.136 e. The minimum atomic E-state index is 0.285. The third kappa shape index (κ3) is 5.47. The Labute approximate surface area is 211 Å². The highest BCUT2D eigenvalue weighted by atomic mass is 16.5. The largest absolute Gasteiger partial charge is 0.489 e. The molecule has 3 heterocycles. The molecule has 0 bridgehead atoms. The van der Waals surface area contributed by atoms with E-state index in [9.17, 15) is 0 Å². The Hall–Kier alpha value is -3.97. The maximum absolute atomic E-state index is 8.45. The fraction of sp³-hybridized carbons (Fsp3) is 0.276. The Morgan fingerprint density at radius 3 is 2.69 bits per heavy atom. The molecule has 0 spiro atoms. The summed E-state index contributed by atoms with van der Waals surface area (Å²) in [6.45, 7) is 3.99. The molecule has 1 aliphatic rings. The zero-order valence-corrected chi connectivity index (χ0v) is 20.5. The normalized spacial score (nSPS) is 13.9. The van der Waals surface area contributed by atoms with Crippen LogP contribution in [0, 0.1) is 5.41 Å². The number of pyridine rings is 1. The van der Waals surface area contributed by atoms with Gasteiger partial charge in [-0.1, -0.05) is 43.3 Å². The molecule has 0 radical (unpaired) electrons. The molecule has 4 aromatic rings. The molecule has 0 unspecified atom stereocenters. The summed E-state index contributed by atoms with van der Waals surface area (Å²) in [6, 6.07) is 24.3. The van der Waals surface area contributed by atoms with Gasteiger partial charge < -0.3 is 20.2 Å². The molecule has 2 N–H and O–H groups in total. The first-order valence-electron chi connectivity index (χ1n) is 12.5. The first kappa shape index (κ1) is 23.8. The predicted molar refractivity (Wildman–Crippen MR) is 142 cm³/mol. The van der Waals surface area contributed by atoms with E-state index in [2.05, 4.69) is 22.5 Å². The van der Waals surface area contributed by atoms with Gasteiger partial charge in [0.15, 0.2) is 0 Å². The minimum Gasteiger partial charge on any atom is -0.489 e. The van der Waals surface area contributed by atoms with Crippen LogP contribution in [0.5, 0.6) is 5.75 Å². The number of benzene rings is 2. The molecule has 2 aromatic carbocycles. The van der Waals surface area contributed by atoms with Crippen LogP contribution in [0.3, 0.4) is 0 Å². The van der Waals surface area contributed by atoms with Crippen molar-refractivity contribution in [2.45, 2.75) is 38.8 Å². The lowest BCUT2D eigenvalue weighted by atomic mass is 10.1. The molecular formula is C29H31N5O2. The Morgan fingerprint density at radius 2 is 1.89 bits per heavy atom. The third-order valence-electron chi connectivity index (χ3n) is 6.35. The molecule has 1 aliphatic heterocycles. The van der Waals surface area contributed by atoms with Crippen molar-refractivity contribution in [1.29, 1.82) is 5.41 Å². The SMILES string of the molecule is CCC(=N)c1ccc(-c2ccnn2-c2cccc(OCc3ccccc3)c2)nc1NC1CCOCC1. The van der Waals surface area contributed by atoms with Crippen LogP contribution in [-0.4, -0.2) is 39.7 Å². The molecule has 1 fully saturated rings. The van der Waals surface area contributed by atoms with Crippen LogP contribution in [0.15, 0.2) is 79.0 Å². The summed E-state index contributed by atoms with van der Waals surface area (Å²) in [5.74, 6) is 1.53. The van der Waals surface area contributed by atoms with Crippen molar-refractivity contribution in [3.05, 3.63) is 90.1 Å². The first-order valence-corrected chi connectivity index (χ1v) is 12.5. The number of nitrogens with zero attached hydrogens (tertiary/aromatic N) is 3. The molecule has 0 aliphatic carbocycles.